The summed E-state index contributed by atoms with van der Waals surface area (Å²) < 4.78 is 0. The Morgan fingerprint density at radius 1 is 1.32 bits per heavy atom. The Kier molecular flexibility index (Phi) is 8.14. The Morgan fingerprint density at radius 2 is 2.05 bits per heavy atom. The monoisotopic (exact) mass is 279 g/mol. The lowest BCUT2D eigenvalue weighted by molar-refractivity contribution is 0.576. The third-order valence-electron chi connectivity index (χ3n) is 2.62. The topological polar surface area (TPSA) is 50.4 Å². The zero-order valence-corrected chi connectivity index (χ0v) is 12.7. The molecule has 3 N–H and O–H groups in total. The summed E-state index contributed by atoms with van der Waals surface area (Å²) in [6.07, 6.45) is 2.17. The zero-order valence-electron chi connectivity index (χ0n) is 11.9. The standard InChI is InChI=1S/C15H25N3S/c1-13(2)9-11-18-15(16)17-10-6-12-19-14-7-4-3-5-8-14/h3-5,7-8,13H,6,9-12H2,1-2H3,(H3,16,17,18). The molecule has 0 atom stereocenters. The van der Waals surface area contributed by atoms with Gasteiger partial charge in [0.25, 0.3) is 0 Å². The van der Waals surface area contributed by atoms with Crippen molar-refractivity contribution in [1.82, 2.24) is 5.32 Å². The lowest BCUT2D eigenvalue weighted by Gasteiger charge is -2.07. The molecule has 1 aromatic carbocycles. The summed E-state index contributed by atoms with van der Waals surface area (Å²) in [5.41, 5.74) is 5.79. The Balaban J connectivity index is 2.06. The van der Waals surface area contributed by atoms with Crippen LogP contribution in [0.4, 0.5) is 0 Å². The van der Waals surface area contributed by atoms with Crippen molar-refractivity contribution in [3.05, 3.63) is 30.3 Å². The normalized spacial score (nSPS) is 11.8. The number of nitrogens with zero attached hydrogens (tertiary/aromatic N) is 1. The van der Waals surface area contributed by atoms with Gasteiger partial charge in [0.1, 0.15) is 0 Å². The Labute approximate surface area is 121 Å². The second kappa shape index (κ2) is 9.73. The molecule has 3 nitrogen and oxygen atoms in total. The van der Waals surface area contributed by atoms with E-state index in [0.717, 1.165) is 31.7 Å². The Bertz CT molecular complexity index is 363. The molecule has 0 aliphatic rings. The highest BCUT2D eigenvalue weighted by Crippen LogP contribution is 2.17. The van der Waals surface area contributed by atoms with Gasteiger partial charge in [-0.2, -0.15) is 0 Å². The van der Waals surface area contributed by atoms with E-state index < -0.39 is 0 Å². The van der Waals surface area contributed by atoms with Gasteiger partial charge >= 0.3 is 0 Å². The molecule has 0 fully saturated rings. The largest absolute Gasteiger partial charge is 0.370 e. The van der Waals surface area contributed by atoms with Gasteiger partial charge in [0.15, 0.2) is 5.96 Å². The van der Waals surface area contributed by atoms with Gasteiger partial charge in [0, 0.05) is 18.0 Å². The fraction of sp³-hybridized carbons (Fsp3) is 0.533. The number of aliphatic imine (C=N–C) groups is 1. The lowest BCUT2D eigenvalue weighted by atomic mass is 10.1. The molecule has 1 aromatic rings. The van der Waals surface area contributed by atoms with E-state index in [0.29, 0.717) is 11.9 Å². The molecule has 0 radical (unpaired) electrons. The van der Waals surface area contributed by atoms with Gasteiger partial charge in [-0.3, -0.25) is 4.99 Å². The molecule has 4 heteroatoms. The molecule has 0 aromatic heterocycles. The summed E-state index contributed by atoms with van der Waals surface area (Å²) in [5.74, 6) is 2.35. The molecule has 0 bridgehead atoms. The second-order valence-electron chi connectivity index (χ2n) is 4.89. The number of thioether (sulfide) groups is 1. The number of hydrogen-bond acceptors (Lipinski definition) is 2. The predicted octanol–water partition coefficient (Wildman–Crippen LogP) is 3.12. The molecule has 0 heterocycles. The van der Waals surface area contributed by atoms with E-state index in [1.807, 2.05) is 17.8 Å². The molecular weight excluding hydrogens is 254 g/mol. The zero-order chi connectivity index (χ0) is 13.9. The molecule has 0 aliphatic heterocycles. The number of nitrogens with one attached hydrogen (secondary N) is 1. The van der Waals surface area contributed by atoms with Crippen LogP contribution < -0.4 is 11.1 Å². The molecule has 106 valence electrons. The molecule has 0 unspecified atom stereocenters. The van der Waals surface area contributed by atoms with Crippen LogP contribution in [0.25, 0.3) is 0 Å². The SMILES string of the molecule is CC(C)CCNC(N)=NCCCSc1ccccc1. The van der Waals surface area contributed by atoms with Crippen LogP contribution in [-0.4, -0.2) is 24.8 Å². The van der Waals surface area contributed by atoms with Crippen LogP contribution in [-0.2, 0) is 0 Å². The van der Waals surface area contributed by atoms with E-state index in [1.54, 1.807) is 0 Å². The van der Waals surface area contributed by atoms with Crippen molar-refractivity contribution in [2.45, 2.75) is 31.6 Å². The van der Waals surface area contributed by atoms with Crippen molar-refractivity contribution >= 4 is 17.7 Å². The van der Waals surface area contributed by atoms with Crippen molar-refractivity contribution < 1.29 is 0 Å². The van der Waals surface area contributed by atoms with Crippen LogP contribution in [0.15, 0.2) is 40.2 Å². The average molecular weight is 279 g/mol. The molecule has 0 amide bonds. The first-order chi connectivity index (χ1) is 9.18. The van der Waals surface area contributed by atoms with Gasteiger partial charge in [-0.15, -0.1) is 11.8 Å². The minimum atomic E-state index is 0.574. The highest BCUT2D eigenvalue weighted by molar-refractivity contribution is 7.99. The van der Waals surface area contributed by atoms with Crippen molar-refractivity contribution in [3.63, 3.8) is 0 Å². The number of hydrogen-bond donors (Lipinski definition) is 2. The third-order valence-corrected chi connectivity index (χ3v) is 3.72. The summed E-state index contributed by atoms with van der Waals surface area (Å²) in [4.78, 5) is 5.64. The van der Waals surface area contributed by atoms with Gasteiger partial charge in [0.05, 0.1) is 0 Å². The van der Waals surface area contributed by atoms with E-state index in [4.69, 9.17) is 5.73 Å². The Morgan fingerprint density at radius 3 is 2.74 bits per heavy atom. The van der Waals surface area contributed by atoms with Crippen molar-refractivity contribution in [3.8, 4) is 0 Å². The Hall–Kier alpha value is -1.16. The van der Waals surface area contributed by atoms with E-state index in [1.165, 1.54) is 4.90 Å². The summed E-state index contributed by atoms with van der Waals surface area (Å²) in [6.45, 7) is 6.11. The van der Waals surface area contributed by atoms with Crippen LogP contribution >= 0.6 is 11.8 Å². The minimum absolute atomic E-state index is 0.574. The number of guanidine groups is 1. The molecular formula is C15H25N3S. The van der Waals surface area contributed by atoms with Gasteiger partial charge in [0.2, 0.25) is 0 Å². The van der Waals surface area contributed by atoms with Gasteiger partial charge < -0.3 is 11.1 Å². The quantitative estimate of drug-likeness (QED) is 0.333. The van der Waals surface area contributed by atoms with Gasteiger partial charge in [-0.1, -0.05) is 32.0 Å². The van der Waals surface area contributed by atoms with E-state index in [-0.39, 0.29) is 0 Å². The highest BCUT2D eigenvalue weighted by atomic mass is 32.2. The van der Waals surface area contributed by atoms with Crippen molar-refractivity contribution in [1.29, 1.82) is 0 Å². The summed E-state index contributed by atoms with van der Waals surface area (Å²) >= 11 is 1.86. The molecule has 0 saturated carbocycles. The van der Waals surface area contributed by atoms with Gasteiger partial charge in [-0.25, -0.2) is 0 Å². The molecule has 0 saturated heterocycles. The van der Waals surface area contributed by atoms with Crippen molar-refractivity contribution in [2.75, 3.05) is 18.8 Å². The first kappa shape index (κ1) is 15.9. The van der Waals surface area contributed by atoms with Crippen molar-refractivity contribution in [2.24, 2.45) is 16.6 Å². The molecule has 0 spiro atoms. The smallest absolute Gasteiger partial charge is 0.188 e. The summed E-state index contributed by atoms with van der Waals surface area (Å²) in [7, 11) is 0. The predicted molar refractivity (Wildman–Crippen MR) is 85.7 cm³/mol. The molecule has 19 heavy (non-hydrogen) atoms. The average Bonchev–Trinajstić information content (AvgIpc) is 2.39. The third kappa shape index (κ3) is 8.54. The van der Waals surface area contributed by atoms with E-state index >= 15 is 0 Å². The van der Waals surface area contributed by atoms with Crippen LogP contribution in [0.3, 0.4) is 0 Å². The second-order valence-corrected chi connectivity index (χ2v) is 6.06. The maximum Gasteiger partial charge on any atom is 0.188 e. The van der Waals surface area contributed by atoms with Crippen LogP contribution in [0.2, 0.25) is 0 Å². The number of benzene rings is 1. The highest BCUT2D eigenvalue weighted by Gasteiger charge is 1.95. The van der Waals surface area contributed by atoms with Crippen LogP contribution in [0.1, 0.15) is 26.7 Å². The fourth-order valence-corrected chi connectivity index (χ4v) is 2.37. The molecule has 0 aliphatic carbocycles. The van der Waals surface area contributed by atoms with E-state index in [9.17, 15) is 0 Å². The number of nitrogens with two attached hydrogens (primary N) is 1. The van der Waals surface area contributed by atoms with Gasteiger partial charge in [-0.05, 0) is 36.6 Å². The first-order valence-electron chi connectivity index (χ1n) is 6.90. The number of rotatable bonds is 8. The van der Waals surface area contributed by atoms with Crippen LogP contribution in [0, 0.1) is 5.92 Å². The summed E-state index contributed by atoms with van der Waals surface area (Å²) in [6, 6.07) is 10.4. The van der Waals surface area contributed by atoms with E-state index in [2.05, 4.69) is 48.4 Å². The first-order valence-corrected chi connectivity index (χ1v) is 7.88. The fourth-order valence-electron chi connectivity index (χ4n) is 1.52. The molecule has 1 rings (SSSR count). The maximum atomic E-state index is 5.79. The minimum Gasteiger partial charge on any atom is -0.370 e. The maximum absolute atomic E-state index is 5.79. The lowest BCUT2D eigenvalue weighted by Crippen LogP contribution is -2.33. The summed E-state index contributed by atoms with van der Waals surface area (Å²) in [5, 5.41) is 3.14. The van der Waals surface area contributed by atoms with Crippen LogP contribution in [0.5, 0.6) is 0 Å².